The number of urea groups is 1. The number of hydrogen-bond donors (Lipinski definition) is 2. The van der Waals surface area contributed by atoms with Gasteiger partial charge in [-0.25, -0.2) is 4.79 Å². The van der Waals surface area contributed by atoms with E-state index >= 15 is 0 Å². The number of amides is 3. The minimum Gasteiger partial charge on any atom is -0.334 e. The van der Waals surface area contributed by atoms with E-state index in [0.29, 0.717) is 12.6 Å². The molecule has 0 aliphatic rings. The summed E-state index contributed by atoms with van der Waals surface area (Å²) >= 11 is 0. The Morgan fingerprint density at radius 1 is 1.32 bits per heavy atom. The Morgan fingerprint density at radius 2 is 2.00 bits per heavy atom. The van der Waals surface area contributed by atoms with Crippen LogP contribution in [0, 0.1) is 0 Å². The lowest BCUT2D eigenvalue weighted by Crippen LogP contribution is -2.46. The van der Waals surface area contributed by atoms with Gasteiger partial charge in [0.05, 0.1) is 6.54 Å². The molecule has 0 saturated heterocycles. The zero-order valence-electron chi connectivity index (χ0n) is 12.4. The lowest BCUT2D eigenvalue weighted by Gasteiger charge is -2.25. The number of nitrogens with one attached hydrogen (secondary N) is 2. The minimum atomic E-state index is -0.470. The molecule has 0 rings (SSSR count). The molecule has 0 aromatic heterocycles. The largest absolute Gasteiger partial charge is 0.334 e. The van der Waals surface area contributed by atoms with E-state index in [0.717, 1.165) is 25.8 Å². The highest BCUT2D eigenvalue weighted by molar-refractivity contribution is 5.95. The first kappa shape index (κ1) is 17.6. The Bertz CT molecular complexity index is 290. The molecule has 0 atom stereocenters. The maximum atomic E-state index is 11.7. The summed E-state index contributed by atoms with van der Waals surface area (Å²) in [6, 6.07) is -0.180. The molecule has 0 aromatic rings. The monoisotopic (exact) mass is 269 g/mol. The van der Waals surface area contributed by atoms with E-state index in [9.17, 15) is 9.59 Å². The van der Waals surface area contributed by atoms with Crippen molar-refractivity contribution in [3.05, 3.63) is 12.7 Å². The van der Waals surface area contributed by atoms with E-state index in [-0.39, 0.29) is 12.5 Å². The van der Waals surface area contributed by atoms with Crippen molar-refractivity contribution in [2.24, 2.45) is 0 Å². The second-order valence-corrected chi connectivity index (χ2v) is 4.82. The van der Waals surface area contributed by atoms with Crippen molar-refractivity contribution in [2.75, 3.05) is 19.6 Å². The van der Waals surface area contributed by atoms with Crippen LogP contribution in [0.1, 0.15) is 40.0 Å². The van der Waals surface area contributed by atoms with Gasteiger partial charge in [-0.05, 0) is 26.8 Å². The molecule has 19 heavy (non-hydrogen) atoms. The van der Waals surface area contributed by atoms with Crippen LogP contribution in [0.15, 0.2) is 12.7 Å². The van der Waals surface area contributed by atoms with Crippen molar-refractivity contribution in [1.29, 1.82) is 0 Å². The molecular formula is C14H27N3O2. The van der Waals surface area contributed by atoms with Gasteiger partial charge in [-0.15, -0.1) is 6.58 Å². The fourth-order valence-electron chi connectivity index (χ4n) is 1.64. The first-order valence-electron chi connectivity index (χ1n) is 6.93. The zero-order valence-corrected chi connectivity index (χ0v) is 12.4. The molecular weight excluding hydrogens is 242 g/mol. The molecule has 0 aliphatic carbocycles. The van der Waals surface area contributed by atoms with Crippen molar-refractivity contribution in [1.82, 2.24) is 15.5 Å². The van der Waals surface area contributed by atoms with Gasteiger partial charge in [-0.1, -0.05) is 25.8 Å². The molecule has 2 N–H and O–H groups in total. The highest BCUT2D eigenvalue weighted by Crippen LogP contribution is 2.02. The molecule has 0 radical (unpaired) electrons. The van der Waals surface area contributed by atoms with E-state index in [1.807, 2.05) is 0 Å². The summed E-state index contributed by atoms with van der Waals surface area (Å²) in [4.78, 5) is 25.1. The van der Waals surface area contributed by atoms with Crippen LogP contribution in [-0.2, 0) is 4.79 Å². The molecule has 3 amide bonds. The van der Waals surface area contributed by atoms with Crippen LogP contribution in [0.2, 0.25) is 0 Å². The maximum Gasteiger partial charge on any atom is 0.321 e. The fraction of sp³-hybridized carbons (Fsp3) is 0.714. The normalized spacial score (nSPS) is 10.6. The van der Waals surface area contributed by atoms with Gasteiger partial charge >= 0.3 is 6.03 Å². The lowest BCUT2D eigenvalue weighted by atomic mass is 10.2. The molecule has 5 nitrogen and oxygen atoms in total. The molecule has 0 unspecified atom stereocenters. The number of carbonyl (C=O) groups is 2. The summed E-state index contributed by atoms with van der Waals surface area (Å²) < 4.78 is 0. The van der Waals surface area contributed by atoms with Gasteiger partial charge in [0.2, 0.25) is 5.91 Å². The summed E-state index contributed by atoms with van der Waals surface area (Å²) in [6.45, 7) is 11.2. The first-order valence-corrected chi connectivity index (χ1v) is 6.93. The van der Waals surface area contributed by atoms with E-state index < -0.39 is 6.03 Å². The number of rotatable bonds is 9. The summed E-state index contributed by atoms with van der Waals surface area (Å²) in [6.07, 6.45) is 4.95. The quantitative estimate of drug-likeness (QED) is 0.496. The standard InChI is InChI=1S/C14H27N3O2/c1-5-7-8-10-17(12(3)4)11-13(18)16-14(19)15-9-6-2/h6,12H,2,5,7-11H2,1,3-4H3,(H2,15,16,18,19). The van der Waals surface area contributed by atoms with Crippen molar-refractivity contribution >= 4 is 11.9 Å². The third-order valence-electron chi connectivity index (χ3n) is 2.79. The second-order valence-electron chi connectivity index (χ2n) is 4.82. The molecule has 0 bridgehead atoms. The number of nitrogens with zero attached hydrogens (tertiary/aromatic N) is 1. The van der Waals surface area contributed by atoms with Crippen LogP contribution in [0.5, 0.6) is 0 Å². The van der Waals surface area contributed by atoms with Gasteiger partial charge in [-0.2, -0.15) is 0 Å². The Balaban J connectivity index is 4.08. The first-order chi connectivity index (χ1) is 9.01. The van der Waals surface area contributed by atoms with Crippen LogP contribution in [0.4, 0.5) is 4.79 Å². The fourth-order valence-corrected chi connectivity index (χ4v) is 1.64. The van der Waals surface area contributed by atoms with Crippen molar-refractivity contribution < 1.29 is 9.59 Å². The Morgan fingerprint density at radius 3 is 2.53 bits per heavy atom. The SMILES string of the molecule is C=CCNC(=O)NC(=O)CN(CCCCC)C(C)C. The van der Waals surface area contributed by atoms with Crippen molar-refractivity contribution in [2.45, 2.75) is 46.1 Å². The van der Waals surface area contributed by atoms with Crippen molar-refractivity contribution in [3.8, 4) is 0 Å². The van der Waals surface area contributed by atoms with Gasteiger partial charge in [0.15, 0.2) is 0 Å². The highest BCUT2D eigenvalue weighted by Gasteiger charge is 2.15. The molecule has 0 aliphatic heterocycles. The van der Waals surface area contributed by atoms with E-state index in [4.69, 9.17) is 0 Å². The number of imide groups is 1. The smallest absolute Gasteiger partial charge is 0.321 e. The summed E-state index contributed by atoms with van der Waals surface area (Å²) in [5.41, 5.74) is 0. The third kappa shape index (κ3) is 9.25. The molecule has 110 valence electrons. The molecule has 0 heterocycles. The number of hydrogen-bond acceptors (Lipinski definition) is 3. The summed E-state index contributed by atoms with van der Waals surface area (Å²) in [5.74, 6) is -0.272. The average Bonchev–Trinajstić information content (AvgIpc) is 2.35. The van der Waals surface area contributed by atoms with E-state index in [1.165, 1.54) is 0 Å². The predicted octanol–water partition coefficient (Wildman–Crippen LogP) is 1.90. The van der Waals surface area contributed by atoms with Gasteiger partial charge < -0.3 is 5.32 Å². The Hall–Kier alpha value is -1.36. The molecule has 5 heteroatoms. The van der Waals surface area contributed by atoms with Crippen LogP contribution in [-0.4, -0.2) is 42.5 Å². The molecule has 0 aromatic carbocycles. The highest BCUT2D eigenvalue weighted by atomic mass is 16.2. The lowest BCUT2D eigenvalue weighted by molar-refractivity contribution is -0.121. The average molecular weight is 269 g/mol. The molecule has 0 fully saturated rings. The zero-order chi connectivity index (χ0) is 14.7. The topological polar surface area (TPSA) is 61.4 Å². The molecule has 0 spiro atoms. The van der Waals surface area contributed by atoms with Crippen LogP contribution < -0.4 is 10.6 Å². The maximum absolute atomic E-state index is 11.7. The van der Waals surface area contributed by atoms with Crippen molar-refractivity contribution in [3.63, 3.8) is 0 Å². The Labute approximate surface area is 116 Å². The van der Waals surface area contributed by atoms with Crippen LogP contribution in [0.3, 0.4) is 0 Å². The van der Waals surface area contributed by atoms with E-state index in [1.54, 1.807) is 6.08 Å². The number of unbranched alkanes of at least 4 members (excludes halogenated alkanes) is 2. The van der Waals surface area contributed by atoms with Gasteiger partial charge in [-0.3, -0.25) is 15.0 Å². The van der Waals surface area contributed by atoms with E-state index in [2.05, 4.69) is 42.9 Å². The second kappa shape index (κ2) is 10.6. The van der Waals surface area contributed by atoms with Gasteiger partial charge in [0, 0.05) is 12.6 Å². The Kier molecular flexibility index (Phi) is 9.80. The van der Waals surface area contributed by atoms with Gasteiger partial charge in [0.25, 0.3) is 0 Å². The van der Waals surface area contributed by atoms with Gasteiger partial charge in [0.1, 0.15) is 0 Å². The predicted molar refractivity (Wildman–Crippen MR) is 78.0 cm³/mol. The number of carbonyl (C=O) groups excluding carboxylic acids is 2. The van der Waals surface area contributed by atoms with Crippen LogP contribution >= 0.6 is 0 Å². The third-order valence-corrected chi connectivity index (χ3v) is 2.79. The summed E-state index contributed by atoms with van der Waals surface area (Å²) in [5, 5.41) is 4.82. The van der Waals surface area contributed by atoms with Crippen LogP contribution in [0.25, 0.3) is 0 Å². The summed E-state index contributed by atoms with van der Waals surface area (Å²) in [7, 11) is 0. The molecule has 0 saturated carbocycles. The minimum absolute atomic E-state index is 0.253.